The van der Waals surface area contributed by atoms with E-state index in [9.17, 15) is 9.59 Å². The van der Waals surface area contributed by atoms with Crippen LogP contribution in [0.1, 0.15) is 22.8 Å². The van der Waals surface area contributed by atoms with Gasteiger partial charge >= 0.3 is 5.97 Å². The molecule has 0 saturated carbocycles. The highest BCUT2D eigenvalue weighted by Crippen LogP contribution is 2.31. The van der Waals surface area contributed by atoms with E-state index in [0.717, 1.165) is 17.7 Å². The Morgan fingerprint density at radius 1 is 1.17 bits per heavy atom. The number of hydrogen-bond acceptors (Lipinski definition) is 3. The van der Waals surface area contributed by atoms with Crippen molar-refractivity contribution in [2.75, 3.05) is 11.5 Å². The summed E-state index contributed by atoms with van der Waals surface area (Å²) in [7, 11) is 0. The number of carbonyl (C=O) groups is 2. The quantitative estimate of drug-likeness (QED) is 0.810. The van der Waals surface area contributed by atoms with E-state index in [1.54, 1.807) is 29.2 Å². The van der Waals surface area contributed by atoms with Gasteiger partial charge in [-0.3, -0.25) is 4.79 Å². The van der Waals surface area contributed by atoms with Crippen molar-refractivity contribution < 1.29 is 14.3 Å². The molecule has 1 aliphatic heterocycles. The van der Waals surface area contributed by atoms with Gasteiger partial charge in [0, 0.05) is 16.8 Å². The number of esters is 1. The van der Waals surface area contributed by atoms with Crippen LogP contribution in [-0.4, -0.2) is 24.5 Å². The fraction of sp³-hybridized carbons (Fsp3) is 0.222. The van der Waals surface area contributed by atoms with Gasteiger partial charge in [-0.2, -0.15) is 0 Å². The van der Waals surface area contributed by atoms with Gasteiger partial charge in [-0.15, -0.1) is 0 Å². The van der Waals surface area contributed by atoms with E-state index >= 15 is 0 Å². The highest BCUT2D eigenvalue weighted by atomic mass is 35.5. The van der Waals surface area contributed by atoms with Crippen LogP contribution in [0.4, 0.5) is 5.69 Å². The largest absolute Gasteiger partial charge is 0.452 e. The molecule has 118 valence electrons. The molecule has 4 nitrogen and oxygen atoms in total. The second-order valence-electron chi connectivity index (χ2n) is 5.53. The molecule has 5 heteroatoms. The molecule has 2 aromatic carbocycles. The van der Waals surface area contributed by atoms with E-state index in [4.69, 9.17) is 16.3 Å². The minimum atomic E-state index is -0.532. The van der Waals surface area contributed by atoms with Crippen molar-refractivity contribution in [3.8, 4) is 0 Å². The molecule has 2 aromatic rings. The first-order chi connectivity index (χ1) is 11.1. The fourth-order valence-electron chi connectivity index (χ4n) is 2.81. The molecule has 1 heterocycles. The molecule has 0 bridgehead atoms. The number of para-hydroxylation sites is 1. The zero-order chi connectivity index (χ0) is 16.4. The van der Waals surface area contributed by atoms with Crippen LogP contribution in [0.2, 0.25) is 5.02 Å². The monoisotopic (exact) mass is 329 g/mol. The van der Waals surface area contributed by atoms with Crippen molar-refractivity contribution >= 4 is 29.2 Å². The summed E-state index contributed by atoms with van der Waals surface area (Å²) in [5.74, 6) is -0.750. The summed E-state index contributed by atoms with van der Waals surface area (Å²) >= 11 is 5.78. The Labute approximate surface area is 139 Å². The Balaban J connectivity index is 1.66. The first-order valence-corrected chi connectivity index (χ1v) is 7.76. The summed E-state index contributed by atoms with van der Waals surface area (Å²) in [6, 6.07) is 14.2. The summed E-state index contributed by atoms with van der Waals surface area (Å²) < 4.78 is 5.13. The van der Waals surface area contributed by atoms with Crippen molar-refractivity contribution in [1.29, 1.82) is 0 Å². The predicted octanol–water partition coefficient (Wildman–Crippen LogP) is 3.47. The zero-order valence-electron chi connectivity index (χ0n) is 12.7. The summed E-state index contributed by atoms with van der Waals surface area (Å²) in [6.45, 7) is 1.71. The molecule has 3 rings (SSSR count). The molecule has 23 heavy (non-hydrogen) atoms. The minimum absolute atomic E-state index is 0.0640. The normalized spacial score (nSPS) is 16.1. The Hall–Kier alpha value is -2.33. The number of halogens is 1. The second-order valence-corrected chi connectivity index (χ2v) is 5.97. The van der Waals surface area contributed by atoms with E-state index in [1.807, 2.05) is 31.2 Å². The van der Waals surface area contributed by atoms with E-state index in [0.29, 0.717) is 10.6 Å². The van der Waals surface area contributed by atoms with Gasteiger partial charge in [-0.25, -0.2) is 4.79 Å². The number of ether oxygens (including phenoxy) is 1. The molecule has 1 unspecified atom stereocenters. The number of rotatable bonds is 3. The van der Waals surface area contributed by atoms with Crippen molar-refractivity contribution in [3.63, 3.8) is 0 Å². The van der Waals surface area contributed by atoms with Crippen LogP contribution in [0.3, 0.4) is 0 Å². The first-order valence-electron chi connectivity index (χ1n) is 7.39. The maximum Gasteiger partial charge on any atom is 0.338 e. The first kappa shape index (κ1) is 15.6. The van der Waals surface area contributed by atoms with Crippen LogP contribution in [0.15, 0.2) is 48.5 Å². The van der Waals surface area contributed by atoms with Crippen molar-refractivity contribution in [2.45, 2.75) is 19.4 Å². The molecule has 0 aromatic heterocycles. The number of anilines is 1. The SMILES string of the molecule is CC1Cc2ccccc2N1C(=O)COC(=O)c1ccc(Cl)cc1. The Morgan fingerprint density at radius 3 is 2.61 bits per heavy atom. The smallest absolute Gasteiger partial charge is 0.338 e. The highest BCUT2D eigenvalue weighted by molar-refractivity contribution is 6.30. The molecule has 0 aliphatic carbocycles. The maximum absolute atomic E-state index is 12.4. The third-order valence-electron chi connectivity index (χ3n) is 3.88. The molecule has 1 aliphatic rings. The molecule has 0 N–H and O–H groups in total. The molecule has 0 radical (unpaired) electrons. The average Bonchev–Trinajstić information content (AvgIpc) is 2.88. The second kappa shape index (κ2) is 6.42. The van der Waals surface area contributed by atoms with Crippen molar-refractivity contribution in [2.24, 2.45) is 0 Å². The van der Waals surface area contributed by atoms with Gasteiger partial charge in [0.05, 0.1) is 5.56 Å². The van der Waals surface area contributed by atoms with Gasteiger partial charge in [-0.05, 0) is 49.2 Å². The highest BCUT2D eigenvalue weighted by Gasteiger charge is 2.30. The zero-order valence-corrected chi connectivity index (χ0v) is 13.4. The van der Waals surface area contributed by atoms with Crippen LogP contribution in [-0.2, 0) is 16.0 Å². The van der Waals surface area contributed by atoms with Gasteiger partial charge in [0.1, 0.15) is 0 Å². The number of carbonyl (C=O) groups excluding carboxylic acids is 2. The maximum atomic E-state index is 12.4. The number of benzene rings is 2. The molecule has 1 amide bonds. The number of nitrogens with zero attached hydrogens (tertiary/aromatic N) is 1. The summed E-state index contributed by atoms with van der Waals surface area (Å²) in [5, 5.41) is 0.542. The molecule has 0 spiro atoms. The lowest BCUT2D eigenvalue weighted by Gasteiger charge is -2.22. The summed E-state index contributed by atoms with van der Waals surface area (Å²) in [5.41, 5.74) is 2.40. The molecular weight excluding hydrogens is 314 g/mol. The van der Waals surface area contributed by atoms with Crippen LogP contribution in [0.5, 0.6) is 0 Å². The topological polar surface area (TPSA) is 46.6 Å². The predicted molar refractivity (Wildman–Crippen MR) is 88.8 cm³/mol. The van der Waals surface area contributed by atoms with Crippen LogP contribution in [0.25, 0.3) is 0 Å². The van der Waals surface area contributed by atoms with Gasteiger partial charge in [-0.1, -0.05) is 29.8 Å². The fourth-order valence-corrected chi connectivity index (χ4v) is 2.94. The lowest BCUT2D eigenvalue weighted by atomic mass is 10.1. The van der Waals surface area contributed by atoms with Crippen LogP contribution < -0.4 is 4.90 Å². The van der Waals surface area contributed by atoms with E-state index in [1.165, 1.54) is 0 Å². The average molecular weight is 330 g/mol. The van der Waals surface area contributed by atoms with Gasteiger partial charge in [0.25, 0.3) is 5.91 Å². The Kier molecular flexibility index (Phi) is 4.35. The van der Waals surface area contributed by atoms with Crippen molar-refractivity contribution in [3.05, 3.63) is 64.7 Å². The van der Waals surface area contributed by atoms with Gasteiger partial charge in [0.2, 0.25) is 0 Å². The third kappa shape index (κ3) is 3.22. The standard InChI is InChI=1S/C18H16ClNO3/c1-12-10-14-4-2-3-5-16(14)20(12)17(21)11-23-18(22)13-6-8-15(19)9-7-13/h2-9,12H,10-11H2,1H3. The number of amides is 1. The molecule has 0 saturated heterocycles. The summed E-state index contributed by atoms with van der Waals surface area (Å²) in [4.78, 5) is 26.1. The lowest BCUT2D eigenvalue weighted by Crippen LogP contribution is -2.38. The lowest BCUT2D eigenvalue weighted by molar-refractivity contribution is -0.122. The Bertz CT molecular complexity index is 742. The summed E-state index contributed by atoms with van der Waals surface area (Å²) in [6.07, 6.45) is 0.813. The van der Waals surface area contributed by atoms with Gasteiger partial charge < -0.3 is 9.64 Å². The van der Waals surface area contributed by atoms with Crippen LogP contribution in [0, 0.1) is 0 Å². The van der Waals surface area contributed by atoms with E-state index in [2.05, 4.69) is 0 Å². The van der Waals surface area contributed by atoms with Gasteiger partial charge in [0.15, 0.2) is 6.61 Å². The number of fused-ring (bicyclic) bond motifs is 1. The third-order valence-corrected chi connectivity index (χ3v) is 4.13. The number of hydrogen-bond donors (Lipinski definition) is 0. The minimum Gasteiger partial charge on any atom is -0.452 e. The molecule has 0 fully saturated rings. The van der Waals surface area contributed by atoms with E-state index in [-0.39, 0.29) is 18.6 Å². The Morgan fingerprint density at radius 2 is 1.87 bits per heavy atom. The molecular formula is C18H16ClNO3. The van der Waals surface area contributed by atoms with Crippen LogP contribution >= 0.6 is 11.6 Å². The molecule has 1 atom stereocenters. The van der Waals surface area contributed by atoms with Crippen molar-refractivity contribution in [1.82, 2.24) is 0 Å². The van der Waals surface area contributed by atoms with E-state index < -0.39 is 5.97 Å².